The number of aromatic nitrogens is 1. The summed E-state index contributed by atoms with van der Waals surface area (Å²) in [5.41, 5.74) is 0. The quantitative estimate of drug-likeness (QED) is 0.779. The molecule has 2 aromatic rings. The third-order valence-corrected chi connectivity index (χ3v) is 4.68. The summed E-state index contributed by atoms with van der Waals surface area (Å²) in [5.74, 6) is 0. The van der Waals surface area contributed by atoms with Gasteiger partial charge >= 0.3 is 7.60 Å². The molecule has 0 saturated heterocycles. The van der Waals surface area contributed by atoms with Crippen molar-refractivity contribution in [3.8, 4) is 0 Å². The van der Waals surface area contributed by atoms with E-state index < -0.39 is 7.60 Å². The molecule has 0 amide bonds. The van der Waals surface area contributed by atoms with Gasteiger partial charge in [0.15, 0.2) is 0 Å². The molecule has 1 aromatic carbocycles. The van der Waals surface area contributed by atoms with E-state index in [1.54, 1.807) is 26.2 Å². The van der Waals surface area contributed by atoms with Crippen LogP contribution in [0.2, 0.25) is 0 Å². The van der Waals surface area contributed by atoms with Gasteiger partial charge in [0, 0.05) is 23.2 Å². The van der Waals surface area contributed by atoms with Crippen molar-refractivity contribution in [3.05, 3.63) is 36.7 Å². The lowest BCUT2D eigenvalue weighted by Crippen LogP contribution is -2.12. The van der Waals surface area contributed by atoms with Crippen LogP contribution in [-0.4, -0.2) is 18.2 Å². The molecule has 0 bridgehead atoms. The van der Waals surface area contributed by atoms with E-state index in [-0.39, 0.29) is 0 Å². The summed E-state index contributed by atoms with van der Waals surface area (Å²) in [7, 11) is -3.28. The van der Waals surface area contributed by atoms with E-state index in [9.17, 15) is 4.57 Å². The molecule has 0 N–H and O–H groups in total. The Morgan fingerprint density at radius 2 is 1.78 bits per heavy atom. The molecule has 1 heterocycles. The highest BCUT2D eigenvalue weighted by atomic mass is 31.2. The van der Waals surface area contributed by atoms with E-state index in [4.69, 9.17) is 9.05 Å². The Labute approximate surface area is 106 Å². The van der Waals surface area contributed by atoms with E-state index in [1.807, 2.05) is 24.3 Å². The number of fused-ring (bicyclic) bond motifs is 1. The Balaban J connectivity index is 2.61. The predicted octanol–water partition coefficient (Wildman–Crippen LogP) is 3.13. The first-order valence-corrected chi connectivity index (χ1v) is 7.48. The largest absolute Gasteiger partial charge is 0.363 e. The van der Waals surface area contributed by atoms with Gasteiger partial charge in [0.1, 0.15) is 0 Å². The molecule has 96 valence electrons. The van der Waals surface area contributed by atoms with Crippen molar-refractivity contribution in [2.24, 2.45) is 0 Å². The number of nitrogens with zero attached hydrogens (tertiary/aromatic N) is 1. The zero-order valence-electron chi connectivity index (χ0n) is 10.5. The SMILES string of the molecule is CCOP(=O)(OCC)c1cncc2ccccc12. The number of benzene rings is 1. The highest BCUT2D eigenvalue weighted by molar-refractivity contribution is 7.62. The number of hydrogen-bond donors (Lipinski definition) is 0. The van der Waals surface area contributed by atoms with E-state index in [2.05, 4.69) is 4.98 Å². The maximum absolute atomic E-state index is 12.7. The van der Waals surface area contributed by atoms with Gasteiger partial charge < -0.3 is 9.05 Å². The highest BCUT2D eigenvalue weighted by Crippen LogP contribution is 2.48. The minimum atomic E-state index is -3.28. The summed E-state index contributed by atoms with van der Waals surface area (Å²) in [4.78, 5) is 4.11. The van der Waals surface area contributed by atoms with Gasteiger partial charge in [0.2, 0.25) is 0 Å². The van der Waals surface area contributed by atoms with Crippen molar-refractivity contribution in [2.75, 3.05) is 13.2 Å². The molecule has 2 rings (SSSR count). The molecular weight excluding hydrogens is 249 g/mol. The first kappa shape index (κ1) is 13.2. The Bertz CT molecular complexity index is 570. The standard InChI is InChI=1S/C13H16NO3P/c1-3-16-18(15,17-4-2)13-10-14-9-11-7-5-6-8-12(11)13/h5-10H,3-4H2,1-2H3. The van der Waals surface area contributed by atoms with Crippen molar-refractivity contribution in [1.82, 2.24) is 4.98 Å². The Morgan fingerprint density at radius 3 is 2.44 bits per heavy atom. The number of rotatable bonds is 5. The minimum Gasteiger partial charge on any atom is -0.305 e. The second-order valence-corrected chi connectivity index (χ2v) is 5.71. The van der Waals surface area contributed by atoms with Crippen LogP contribution in [0.25, 0.3) is 10.8 Å². The molecule has 18 heavy (non-hydrogen) atoms. The monoisotopic (exact) mass is 265 g/mol. The van der Waals surface area contributed by atoms with Crippen LogP contribution in [0.15, 0.2) is 36.7 Å². The molecule has 5 heteroatoms. The molecule has 0 spiro atoms. The predicted molar refractivity (Wildman–Crippen MR) is 72.2 cm³/mol. The maximum Gasteiger partial charge on any atom is 0.363 e. The summed E-state index contributed by atoms with van der Waals surface area (Å²) >= 11 is 0. The molecule has 0 aliphatic heterocycles. The van der Waals surface area contributed by atoms with Crippen molar-refractivity contribution < 1.29 is 13.6 Å². The van der Waals surface area contributed by atoms with Gasteiger partial charge in [-0.3, -0.25) is 9.55 Å². The van der Waals surface area contributed by atoms with Crippen LogP contribution in [0.4, 0.5) is 0 Å². The topological polar surface area (TPSA) is 48.4 Å². The lowest BCUT2D eigenvalue weighted by molar-refractivity contribution is 0.230. The molecule has 0 aliphatic carbocycles. The Morgan fingerprint density at radius 1 is 1.11 bits per heavy atom. The minimum absolute atomic E-state index is 0.334. The second-order valence-electron chi connectivity index (χ2n) is 3.71. The van der Waals surface area contributed by atoms with Gasteiger partial charge in [-0.15, -0.1) is 0 Å². The van der Waals surface area contributed by atoms with Gasteiger partial charge in [-0.1, -0.05) is 24.3 Å². The van der Waals surface area contributed by atoms with Crippen LogP contribution < -0.4 is 5.30 Å². The van der Waals surface area contributed by atoms with E-state index >= 15 is 0 Å². The van der Waals surface area contributed by atoms with Crippen molar-refractivity contribution >= 4 is 23.7 Å². The van der Waals surface area contributed by atoms with Crippen LogP contribution in [0, 0.1) is 0 Å². The molecule has 0 atom stereocenters. The van der Waals surface area contributed by atoms with Gasteiger partial charge in [-0.05, 0) is 13.8 Å². The van der Waals surface area contributed by atoms with Crippen molar-refractivity contribution in [2.45, 2.75) is 13.8 Å². The third-order valence-electron chi connectivity index (χ3n) is 2.54. The van der Waals surface area contributed by atoms with Crippen LogP contribution in [0.1, 0.15) is 13.8 Å². The number of pyridine rings is 1. The zero-order valence-corrected chi connectivity index (χ0v) is 11.4. The fraction of sp³-hybridized carbons (Fsp3) is 0.308. The number of hydrogen-bond acceptors (Lipinski definition) is 4. The van der Waals surface area contributed by atoms with Crippen molar-refractivity contribution in [1.29, 1.82) is 0 Å². The molecule has 4 nitrogen and oxygen atoms in total. The zero-order chi connectivity index (χ0) is 13.0. The second kappa shape index (κ2) is 5.61. The summed E-state index contributed by atoms with van der Waals surface area (Å²) in [6, 6.07) is 7.64. The molecule has 0 fully saturated rings. The molecule has 0 radical (unpaired) electrons. The molecule has 0 unspecified atom stereocenters. The summed E-state index contributed by atoms with van der Waals surface area (Å²) in [6.45, 7) is 4.26. The van der Waals surface area contributed by atoms with E-state index in [0.717, 1.165) is 10.8 Å². The smallest absolute Gasteiger partial charge is 0.305 e. The van der Waals surface area contributed by atoms with Crippen molar-refractivity contribution in [3.63, 3.8) is 0 Å². The third kappa shape index (κ3) is 2.46. The first-order chi connectivity index (χ1) is 8.71. The highest BCUT2D eigenvalue weighted by Gasteiger charge is 2.28. The summed E-state index contributed by atoms with van der Waals surface area (Å²) < 4.78 is 23.5. The summed E-state index contributed by atoms with van der Waals surface area (Å²) in [5, 5.41) is 2.32. The summed E-state index contributed by atoms with van der Waals surface area (Å²) in [6.07, 6.45) is 3.30. The Kier molecular flexibility index (Phi) is 4.12. The van der Waals surface area contributed by atoms with Crippen LogP contribution in [-0.2, 0) is 13.6 Å². The normalized spacial score (nSPS) is 11.9. The molecule has 1 aromatic heterocycles. The van der Waals surface area contributed by atoms with E-state index in [0.29, 0.717) is 18.5 Å². The fourth-order valence-electron chi connectivity index (χ4n) is 1.84. The average Bonchev–Trinajstić information content (AvgIpc) is 2.38. The average molecular weight is 265 g/mol. The Hall–Kier alpha value is -1.22. The van der Waals surface area contributed by atoms with Crippen LogP contribution >= 0.6 is 7.60 Å². The molecule has 0 saturated carbocycles. The lowest BCUT2D eigenvalue weighted by Gasteiger charge is -2.18. The molecular formula is C13H16NO3P. The molecule has 0 aliphatic rings. The fourth-order valence-corrected chi connectivity index (χ4v) is 3.57. The van der Waals surface area contributed by atoms with E-state index in [1.165, 1.54) is 0 Å². The van der Waals surface area contributed by atoms with Crippen LogP contribution in [0.5, 0.6) is 0 Å². The van der Waals surface area contributed by atoms with Crippen LogP contribution in [0.3, 0.4) is 0 Å². The van der Waals surface area contributed by atoms with Gasteiger partial charge in [-0.25, -0.2) is 0 Å². The first-order valence-electron chi connectivity index (χ1n) is 5.93. The van der Waals surface area contributed by atoms with Gasteiger partial charge in [0.25, 0.3) is 0 Å². The maximum atomic E-state index is 12.7. The van der Waals surface area contributed by atoms with Gasteiger partial charge in [-0.2, -0.15) is 0 Å². The van der Waals surface area contributed by atoms with Gasteiger partial charge in [0.05, 0.1) is 18.5 Å². The lowest BCUT2D eigenvalue weighted by atomic mass is 10.2.